The lowest BCUT2D eigenvalue weighted by molar-refractivity contribution is 0.937. The summed E-state index contributed by atoms with van der Waals surface area (Å²) in [7, 11) is 0. The lowest BCUT2D eigenvalue weighted by atomic mass is 9.91. The van der Waals surface area contributed by atoms with E-state index in [1.54, 1.807) is 0 Å². The lowest BCUT2D eigenvalue weighted by Crippen LogP contribution is -2.17. The van der Waals surface area contributed by atoms with Crippen LogP contribution in [0.5, 0.6) is 0 Å². The molecule has 12 rings (SSSR count). The first-order valence-electron chi connectivity index (χ1n) is 19.6. The van der Waals surface area contributed by atoms with Crippen LogP contribution in [0.1, 0.15) is 17.2 Å². The molecule has 0 spiro atoms. The van der Waals surface area contributed by atoms with Gasteiger partial charge in [-0.15, -0.1) is 11.3 Å². The number of aromatic nitrogens is 4. The van der Waals surface area contributed by atoms with Crippen molar-refractivity contribution >= 4 is 59.7 Å². The largest absolute Gasteiger partial charge is 0.373 e. The van der Waals surface area contributed by atoms with Crippen molar-refractivity contribution < 1.29 is 0 Å². The van der Waals surface area contributed by atoms with E-state index < -0.39 is 0 Å². The van der Waals surface area contributed by atoms with Crippen LogP contribution in [0.25, 0.3) is 93.0 Å². The van der Waals surface area contributed by atoms with E-state index in [-0.39, 0.29) is 6.04 Å². The zero-order chi connectivity index (χ0) is 38.2. The third-order valence-electron chi connectivity index (χ3n) is 11.5. The fourth-order valence-electron chi connectivity index (χ4n) is 8.83. The minimum Gasteiger partial charge on any atom is -0.373 e. The van der Waals surface area contributed by atoms with Crippen LogP contribution < -0.4 is 5.32 Å². The Hall–Kier alpha value is -7.41. The van der Waals surface area contributed by atoms with Gasteiger partial charge in [-0.2, -0.15) is 0 Å². The molecular formula is C52H33N5S. The summed E-state index contributed by atoms with van der Waals surface area (Å²) in [4.78, 5) is 16.9. The molecule has 3 aromatic heterocycles. The lowest BCUT2D eigenvalue weighted by Gasteiger charge is -2.28. The molecule has 58 heavy (non-hydrogen) atoms. The number of rotatable bonds is 5. The normalized spacial score (nSPS) is 13.5. The number of hydrogen-bond acceptors (Lipinski definition) is 5. The average Bonchev–Trinajstić information content (AvgIpc) is 3.84. The van der Waals surface area contributed by atoms with Gasteiger partial charge in [0.2, 0.25) is 0 Å². The maximum absolute atomic E-state index is 5.20. The predicted octanol–water partition coefficient (Wildman–Crippen LogP) is 13.5. The highest BCUT2D eigenvalue weighted by Gasteiger charge is 2.33. The maximum atomic E-state index is 5.20. The van der Waals surface area contributed by atoms with Crippen LogP contribution >= 0.6 is 11.3 Å². The predicted molar refractivity (Wildman–Crippen MR) is 241 cm³/mol. The zero-order valence-corrected chi connectivity index (χ0v) is 32.0. The second-order valence-electron chi connectivity index (χ2n) is 14.8. The van der Waals surface area contributed by atoms with Crippen LogP contribution in [0.2, 0.25) is 0 Å². The summed E-state index contributed by atoms with van der Waals surface area (Å²) in [6.45, 7) is 0. The summed E-state index contributed by atoms with van der Waals surface area (Å²) < 4.78 is 3.74. The smallest absolute Gasteiger partial charge is 0.164 e. The van der Waals surface area contributed by atoms with Gasteiger partial charge in [-0.3, -0.25) is 0 Å². The number of fused-ring (bicyclic) bond motifs is 9. The Morgan fingerprint density at radius 2 is 1.02 bits per heavy atom. The molecule has 4 heterocycles. The molecule has 0 radical (unpaired) electrons. The minimum absolute atomic E-state index is 0.00705. The standard InChI is InChI=1S/C52H33N5S/c1-2-16-34(17-3-1)46-45-47-49(58-48(45)41-22-8-10-26-43(41)53-46)42-23-9-11-27-44(42)57(47)36-30-28-35(29-31-36)50-54-51(39-24-12-18-32-14-4-6-20-37(32)39)56-52(55-50)40-25-13-19-33-15-5-7-21-38(33)40/h1-31,46,53H. The van der Waals surface area contributed by atoms with Crippen LogP contribution in [0, 0.1) is 0 Å². The number of anilines is 1. The summed E-state index contributed by atoms with van der Waals surface area (Å²) in [5.41, 5.74) is 11.3. The molecule has 0 bridgehead atoms. The molecule has 0 saturated heterocycles. The van der Waals surface area contributed by atoms with Gasteiger partial charge in [0.25, 0.3) is 0 Å². The number of thiophene rings is 1. The number of nitrogens with zero attached hydrogens (tertiary/aromatic N) is 4. The Morgan fingerprint density at radius 1 is 0.466 bits per heavy atom. The molecule has 1 N–H and O–H groups in total. The zero-order valence-electron chi connectivity index (χ0n) is 31.2. The average molecular weight is 760 g/mol. The van der Waals surface area contributed by atoms with Gasteiger partial charge < -0.3 is 9.88 Å². The molecule has 272 valence electrons. The molecule has 8 aromatic carbocycles. The van der Waals surface area contributed by atoms with E-state index in [4.69, 9.17) is 15.0 Å². The number of benzene rings is 8. The van der Waals surface area contributed by atoms with E-state index in [1.165, 1.54) is 42.7 Å². The maximum Gasteiger partial charge on any atom is 0.164 e. The highest BCUT2D eigenvalue weighted by atomic mass is 32.1. The van der Waals surface area contributed by atoms with Gasteiger partial charge in [0.05, 0.1) is 21.8 Å². The molecule has 11 aromatic rings. The first-order chi connectivity index (χ1) is 28.8. The monoisotopic (exact) mass is 759 g/mol. The van der Waals surface area contributed by atoms with Gasteiger partial charge in [-0.25, -0.2) is 15.0 Å². The third-order valence-corrected chi connectivity index (χ3v) is 12.8. The third kappa shape index (κ3) is 5.12. The molecule has 5 nitrogen and oxygen atoms in total. The SMILES string of the molecule is c1ccc(C2Nc3ccccc3-c3sc4c5ccccc5n(-c5ccc(-c6nc(-c7cccc8ccccc78)nc(-c7cccc8ccccc78)n6)cc5)c4c32)cc1. The van der Waals surface area contributed by atoms with Gasteiger partial charge in [-0.05, 0) is 63.5 Å². The van der Waals surface area contributed by atoms with Gasteiger partial charge in [0.1, 0.15) is 0 Å². The van der Waals surface area contributed by atoms with Crippen molar-refractivity contribution in [2.24, 2.45) is 0 Å². The fraction of sp³-hybridized carbons (Fsp3) is 0.0192. The Morgan fingerprint density at radius 3 is 1.72 bits per heavy atom. The molecule has 0 aliphatic carbocycles. The van der Waals surface area contributed by atoms with Gasteiger partial charge in [-0.1, -0.05) is 152 Å². The van der Waals surface area contributed by atoms with Crippen molar-refractivity contribution in [2.45, 2.75) is 6.04 Å². The van der Waals surface area contributed by atoms with Crippen molar-refractivity contribution in [1.82, 2.24) is 19.5 Å². The van der Waals surface area contributed by atoms with Gasteiger partial charge in [0.15, 0.2) is 17.5 Å². The van der Waals surface area contributed by atoms with Crippen molar-refractivity contribution in [3.63, 3.8) is 0 Å². The Bertz CT molecular complexity index is 3270. The van der Waals surface area contributed by atoms with Crippen molar-refractivity contribution in [3.8, 4) is 50.3 Å². The number of hydrogen-bond donors (Lipinski definition) is 1. The molecular weight excluding hydrogens is 727 g/mol. The van der Waals surface area contributed by atoms with Gasteiger partial charge >= 0.3 is 0 Å². The molecule has 0 amide bonds. The molecule has 1 aliphatic rings. The van der Waals surface area contributed by atoms with E-state index in [9.17, 15) is 0 Å². The summed E-state index contributed by atoms with van der Waals surface area (Å²) in [5, 5.41) is 9.69. The summed E-state index contributed by atoms with van der Waals surface area (Å²) in [6.07, 6.45) is 0. The summed E-state index contributed by atoms with van der Waals surface area (Å²) in [5.74, 6) is 1.93. The number of nitrogens with one attached hydrogen (secondary N) is 1. The summed E-state index contributed by atoms with van der Waals surface area (Å²) >= 11 is 1.90. The van der Waals surface area contributed by atoms with Crippen LogP contribution in [0.4, 0.5) is 5.69 Å². The quantitative estimate of drug-likeness (QED) is 0.190. The Balaban J connectivity index is 1.06. The molecule has 0 fully saturated rings. The van der Waals surface area contributed by atoms with Crippen LogP contribution in [0.3, 0.4) is 0 Å². The second kappa shape index (κ2) is 13.1. The molecule has 0 saturated carbocycles. The van der Waals surface area contributed by atoms with E-state index in [1.807, 2.05) is 11.3 Å². The van der Waals surface area contributed by atoms with Crippen molar-refractivity contribution in [3.05, 3.63) is 199 Å². The topological polar surface area (TPSA) is 55.6 Å². The van der Waals surface area contributed by atoms with Crippen molar-refractivity contribution in [2.75, 3.05) is 5.32 Å². The first-order valence-corrected chi connectivity index (χ1v) is 20.4. The van der Waals surface area contributed by atoms with Crippen LogP contribution in [-0.2, 0) is 0 Å². The van der Waals surface area contributed by atoms with Crippen molar-refractivity contribution in [1.29, 1.82) is 0 Å². The summed E-state index contributed by atoms with van der Waals surface area (Å²) in [6, 6.07) is 66.5. The van der Waals surface area contributed by atoms with E-state index in [2.05, 4.69) is 198 Å². The highest BCUT2D eigenvalue weighted by molar-refractivity contribution is 7.23. The van der Waals surface area contributed by atoms with Gasteiger partial charge in [0, 0.05) is 49.5 Å². The second-order valence-corrected chi connectivity index (χ2v) is 15.8. The van der Waals surface area contributed by atoms with E-state index in [0.717, 1.165) is 49.6 Å². The molecule has 1 aliphatic heterocycles. The van der Waals surface area contributed by atoms with E-state index >= 15 is 0 Å². The Labute approximate surface area is 338 Å². The molecule has 6 heteroatoms. The van der Waals surface area contributed by atoms with Crippen LogP contribution in [0.15, 0.2) is 188 Å². The molecule has 1 unspecified atom stereocenters. The number of para-hydroxylation sites is 2. The van der Waals surface area contributed by atoms with E-state index in [0.29, 0.717) is 17.5 Å². The Kier molecular flexibility index (Phi) is 7.40. The minimum atomic E-state index is -0.00705. The van der Waals surface area contributed by atoms with Crippen LogP contribution in [-0.4, -0.2) is 19.5 Å². The molecule has 1 atom stereocenters. The fourth-order valence-corrected chi connectivity index (χ4v) is 10.2. The first kappa shape index (κ1) is 32.8. The highest BCUT2D eigenvalue weighted by Crippen LogP contribution is 2.53.